The minimum Gasteiger partial charge on any atom is -0.381 e. The maximum Gasteiger partial charge on any atom is 0.199 e. The molecule has 0 heterocycles. The molecular weight excluding hydrogens is 200 g/mol. The normalized spacial score (nSPS) is 12.1. The van der Waals surface area contributed by atoms with Crippen LogP contribution in [0.5, 0.6) is 0 Å². The van der Waals surface area contributed by atoms with Crippen LogP contribution in [0.25, 0.3) is 0 Å². The lowest BCUT2D eigenvalue weighted by Crippen LogP contribution is -1.96. The molecule has 14 heavy (non-hydrogen) atoms. The van der Waals surface area contributed by atoms with Crippen LogP contribution in [0.15, 0.2) is 46.7 Å². The molecule has 76 valence electrons. The summed E-state index contributed by atoms with van der Waals surface area (Å²) in [4.78, 5) is 0.298. The Morgan fingerprint density at radius 3 is 2.50 bits per heavy atom. The Morgan fingerprint density at radius 1 is 1.29 bits per heavy atom. The first-order chi connectivity index (χ1) is 6.67. The maximum atomic E-state index is 11.6. The fourth-order valence-corrected chi connectivity index (χ4v) is 1.98. The molecule has 0 atom stereocenters. The second-order valence-electron chi connectivity index (χ2n) is 2.69. The molecule has 0 aliphatic carbocycles. The molecule has 0 aliphatic heterocycles. The highest BCUT2D eigenvalue weighted by Crippen LogP contribution is 2.10. The summed E-state index contributed by atoms with van der Waals surface area (Å²) in [7, 11) is -1.78. The molecule has 0 saturated heterocycles. The van der Waals surface area contributed by atoms with E-state index in [0.717, 1.165) is 5.41 Å². The van der Waals surface area contributed by atoms with Gasteiger partial charge in [-0.2, -0.15) is 0 Å². The zero-order valence-corrected chi connectivity index (χ0v) is 8.70. The molecule has 0 spiro atoms. The van der Waals surface area contributed by atoms with Gasteiger partial charge in [-0.25, -0.2) is 8.42 Å². The maximum absolute atomic E-state index is 11.6. The molecule has 0 radical (unpaired) electrons. The van der Waals surface area contributed by atoms with Crippen molar-refractivity contribution >= 4 is 9.84 Å². The molecule has 0 bridgehead atoms. The van der Waals surface area contributed by atoms with Gasteiger partial charge in [0.15, 0.2) is 9.84 Å². The van der Waals surface area contributed by atoms with Gasteiger partial charge in [0.2, 0.25) is 0 Å². The monoisotopic (exact) mass is 212 g/mol. The van der Waals surface area contributed by atoms with Gasteiger partial charge in [-0.05, 0) is 18.2 Å². The summed E-state index contributed by atoms with van der Waals surface area (Å²) < 4.78 is 27.9. The predicted molar refractivity (Wildman–Crippen MR) is 54.6 cm³/mol. The number of methoxy groups -OCH3 is 1. The van der Waals surface area contributed by atoms with Crippen LogP contribution in [0, 0.1) is 0 Å². The summed E-state index contributed by atoms with van der Waals surface area (Å²) in [5.41, 5.74) is 0. The van der Waals surface area contributed by atoms with Gasteiger partial charge in [0.25, 0.3) is 0 Å². The van der Waals surface area contributed by atoms with Crippen molar-refractivity contribution in [3.8, 4) is 0 Å². The van der Waals surface area contributed by atoms with Crippen molar-refractivity contribution in [2.75, 3.05) is 13.7 Å². The number of rotatable bonds is 4. The Kier molecular flexibility index (Phi) is 3.85. The molecule has 0 aromatic heterocycles. The van der Waals surface area contributed by atoms with Crippen LogP contribution < -0.4 is 0 Å². The van der Waals surface area contributed by atoms with Crippen molar-refractivity contribution in [1.82, 2.24) is 0 Å². The third-order valence-corrected chi connectivity index (χ3v) is 3.09. The van der Waals surface area contributed by atoms with Crippen LogP contribution >= 0.6 is 0 Å². The van der Waals surface area contributed by atoms with Crippen molar-refractivity contribution < 1.29 is 13.2 Å². The highest BCUT2D eigenvalue weighted by molar-refractivity contribution is 7.94. The molecule has 1 aromatic carbocycles. The second-order valence-corrected chi connectivity index (χ2v) is 4.52. The summed E-state index contributed by atoms with van der Waals surface area (Å²) in [5.74, 6) is 0. The van der Waals surface area contributed by atoms with Crippen molar-refractivity contribution in [2.45, 2.75) is 4.90 Å². The minimum absolute atomic E-state index is 0.298. The largest absolute Gasteiger partial charge is 0.381 e. The molecule has 0 aliphatic rings. The van der Waals surface area contributed by atoms with Crippen LogP contribution in [0.2, 0.25) is 0 Å². The quantitative estimate of drug-likeness (QED) is 0.761. The summed E-state index contributed by atoms with van der Waals surface area (Å²) in [5, 5.41) is 1.16. The fraction of sp³-hybridized carbons (Fsp3) is 0.200. The van der Waals surface area contributed by atoms with E-state index in [4.69, 9.17) is 4.74 Å². The number of hydrogen-bond donors (Lipinski definition) is 0. The summed E-state index contributed by atoms with van der Waals surface area (Å²) >= 11 is 0. The van der Waals surface area contributed by atoms with Gasteiger partial charge in [0.1, 0.15) is 0 Å². The lowest BCUT2D eigenvalue weighted by molar-refractivity contribution is 0.234. The Labute approximate surface area is 83.9 Å². The smallest absolute Gasteiger partial charge is 0.199 e. The first-order valence-corrected chi connectivity index (χ1v) is 5.67. The zero-order chi connectivity index (χ0) is 10.4. The average molecular weight is 212 g/mol. The van der Waals surface area contributed by atoms with Gasteiger partial charge in [-0.3, -0.25) is 0 Å². The van der Waals surface area contributed by atoms with E-state index in [0.29, 0.717) is 11.5 Å². The minimum atomic E-state index is -3.29. The fourth-order valence-electron chi connectivity index (χ4n) is 0.951. The average Bonchev–Trinajstić information content (AvgIpc) is 2.19. The van der Waals surface area contributed by atoms with Crippen molar-refractivity contribution in [2.24, 2.45) is 0 Å². The topological polar surface area (TPSA) is 43.4 Å². The molecule has 0 amide bonds. The van der Waals surface area contributed by atoms with Crippen LogP contribution in [-0.4, -0.2) is 22.1 Å². The van der Waals surface area contributed by atoms with Gasteiger partial charge in [-0.1, -0.05) is 18.2 Å². The predicted octanol–water partition coefficient (Wildman–Crippen LogP) is 1.62. The van der Waals surface area contributed by atoms with E-state index in [1.807, 2.05) is 0 Å². The Balaban J connectivity index is 2.87. The summed E-state index contributed by atoms with van der Waals surface area (Å²) in [6, 6.07) is 8.28. The first-order valence-electron chi connectivity index (χ1n) is 4.12. The zero-order valence-electron chi connectivity index (χ0n) is 7.88. The lowest BCUT2D eigenvalue weighted by atomic mass is 10.4. The van der Waals surface area contributed by atoms with Crippen LogP contribution in [0.4, 0.5) is 0 Å². The standard InChI is InChI=1S/C10H12O3S/c1-13-8-5-9-14(11,12)10-6-3-2-4-7-10/h2-7,9H,8H2,1H3/b9-5+. The van der Waals surface area contributed by atoms with E-state index in [1.165, 1.54) is 13.2 Å². The van der Waals surface area contributed by atoms with Crippen molar-refractivity contribution in [1.29, 1.82) is 0 Å². The molecule has 1 rings (SSSR count). The first kappa shape index (κ1) is 10.9. The SMILES string of the molecule is COC/C=C/S(=O)(=O)c1ccccc1. The van der Waals surface area contributed by atoms with Crippen LogP contribution in [0.1, 0.15) is 0 Å². The molecule has 4 heteroatoms. The Bertz CT molecular complexity index is 393. The Morgan fingerprint density at radius 2 is 1.93 bits per heavy atom. The van der Waals surface area contributed by atoms with E-state index >= 15 is 0 Å². The highest BCUT2D eigenvalue weighted by Gasteiger charge is 2.07. The van der Waals surface area contributed by atoms with Gasteiger partial charge < -0.3 is 4.74 Å². The molecule has 3 nitrogen and oxygen atoms in total. The third kappa shape index (κ3) is 2.97. The molecular formula is C10H12O3S. The molecule has 0 saturated carbocycles. The van der Waals surface area contributed by atoms with E-state index in [-0.39, 0.29) is 0 Å². The van der Waals surface area contributed by atoms with Crippen molar-refractivity contribution in [3.05, 3.63) is 41.8 Å². The summed E-state index contributed by atoms with van der Waals surface area (Å²) in [6.07, 6.45) is 1.47. The summed E-state index contributed by atoms with van der Waals surface area (Å²) in [6.45, 7) is 0.298. The highest BCUT2D eigenvalue weighted by atomic mass is 32.2. The van der Waals surface area contributed by atoms with Crippen LogP contribution in [0.3, 0.4) is 0 Å². The number of ether oxygens (including phenoxy) is 1. The number of hydrogen-bond acceptors (Lipinski definition) is 3. The van der Waals surface area contributed by atoms with E-state index < -0.39 is 9.84 Å². The van der Waals surface area contributed by atoms with E-state index in [9.17, 15) is 8.42 Å². The van der Waals surface area contributed by atoms with Crippen molar-refractivity contribution in [3.63, 3.8) is 0 Å². The molecule has 0 unspecified atom stereocenters. The number of benzene rings is 1. The van der Waals surface area contributed by atoms with Gasteiger partial charge >= 0.3 is 0 Å². The Hall–Kier alpha value is -1.13. The number of sulfone groups is 1. The van der Waals surface area contributed by atoms with Crippen LogP contribution in [-0.2, 0) is 14.6 Å². The van der Waals surface area contributed by atoms with Gasteiger partial charge in [0, 0.05) is 12.5 Å². The van der Waals surface area contributed by atoms with Gasteiger partial charge in [0.05, 0.1) is 11.5 Å². The third-order valence-electron chi connectivity index (χ3n) is 1.61. The van der Waals surface area contributed by atoms with E-state index in [2.05, 4.69) is 0 Å². The second kappa shape index (κ2) is 4.93. The molecule has 1 aromatic rings. The molecule has 0 fully saturated rings. The molecule has 0 N–H and O–H groups in total. The van der Waals surface area contributed by atoms with E-state index in [1.54, 1.807) is 30.3 Å². The lowest BCUT2D eigenvalue weighted by Gasteiger charge is -1.97. The van der Waals surface area contributed by atoms with Gasteiger partial charge in [-0.15, -0.1) is 0 Å².